The van der Waals surface area contributed by atoms with Crippen molar-refractivity contribution in [1.29, 1.82) is 0 Å². The highest BCUT2D eigenvalue weighted by molar-refractivity contribution is 6.39. The Morgan fingerprint density at radius 1 is 1.03 bits per heavy atom. The van der Waals surface area contributed by atoms with E-state index in [4.69, 9.17) is 14.2 Å². The van der Waals surface area contributed by atoms with E-state index in [0.717, 1.165) is 32.0 Å². The summed E-state index contributed by atoms with van der Waals surface area (Å²) in [5, 5.41) is 8.48. The van der Waals surface area contributed by atoms with Crippen molar-refractivity contribution in [3.05, 3.63) is 48.4 Å². The molecule has 0 atom stereocenters. The van der Waals surface area contributed by atoms with Gasteiger partial charge < -0.3 is 30.2 Å². The summed E-state index contributed by atoms with van der Waals surface area (Å²) in [4.78, 5) is 27.5. The Kier molecular flexibility index (Phi) is 10.0. The number of likely N-dealkylation sites (N-methyl/N-ethyl adjacent to an activating group) is 1. The first kappa shape index (κ1) is 27.7. The van der Waals surface area contributed by atoms with E-state index in [1.807, 2.05) is 13.8 Å². The number of pyridine rings is 1. The number of fused-ring (bicyclic) bond motifs is 1. The van der Waals surface area contributed by atoms with Crippen molar-refractivity contribution in [3.8, 4) is 23.0 Å². The van der Waals surface area contributed by atoms with Crippen LogP contribution < -0.4 is 30.2 Å². The predicted molar refractivity (Wildman–Crippen MR) is 140 cm³/mol. The van der Waals surface area contributed by atoms with Gasteiger partial charge in [0.15, 0.2) is 23.1 Å². The molecule has 1 fully saturated rings. The van der Waals surface area contributed by atoms with Crippen LogP contribution in [0.4, 0.5) is 10.1 Å². The molecule has 1 aliphatic rings. The zero-order valence-electron chi connectivity index (χ0n) is 21.5. The summed E-state index contributed by atoms with van der Waals surface area (Å²) in [7, 11) is 2.89. The molecule has 2 heterocycles. The van der Waals surface area contributed by atoms with Gasteiger partial charge in [0.1, 0.15) is 5.75 Å². The van der Waals surface area contributed by atoms with E-state index in [-0.39, 0.29) is 11.4 Å². The van der Waals surface area contributed by atoms with Gasteiger partial charge in [0.2, 0.25) is 0 Å². The van der Waals surface area contributed by atoms with Crippen LogP contribution in [-0.2, 0) is 9.59 Å². The van der Waals surface area contributed by atoms with Crippen molar-refractivity contribution in [2.75, 3.05) is 39.2 Å². The lowest BCUT2D eigenvalue weighted by atomic mass is 9.99. The van der Waals surface area contributed by atoms with Gasteiger partial charge in [-0.2, -0.15) is 0 Å². The van der Waals surface area contributed by atoms with E-state index in [9.17, 15) is 14.0 Å². The van der Waals surface area contributed by atoms with Crippen molar-refractivity contribution in [2.24, 2.45) is 5.92 Å². The molecule has 37 heavy (non-hydrogen) atoms. The lowest BCUT2D eigenvalue weighted by Gasteiger charge is -2.23. The number of nitrogens with zero attached hydrogens (tertiary/aromatic N) is 1. The molecule has 0 unspecified atom stereocenters. The fourth-order valence-corrected chi connectivity index (χ4v) is 3.83. The fraction of sp³-hybridized carbons (Fsp3) is 0.370. The Morgan fingerprint density at radius 3 is 2.46 bits per heavy atom. The number of amides is 2. The van der Waals surface area contributed by atoms with Crippen LogP contribution in [0.1, 0.15) is 26.7 Å². The van der Waals surface area contributed by atoms with Crippen LogP contribution in [0, 0.1) is 11.7 Å². The Balaban J connectivity index is 0.00000186. The fourth-order valence-electron chi connectivity index (χ4n) is 3.83. The maximum Gasteiger partial charge on any atom is 0.313 e. The monoisotopic (exact) mass is 512 g/mol. The number of hydrogen-bond acceptors (Lipinski definition) is 7. The molecule has 1 aliphatic heterocycles. The molecular weight excluding hydrogens is 479 g/mol. The van der Waals surface area contributed by atoms with Gasteiger partial charge in [-0.15, -0.1) is 0 Å². The highest BCUT2D eigenvalue weighted by Gasteiger charge is 2.18. The number of carbonyl (C=O) groups excluding carboxylic acids is 2. The van der Waals surface area contributed by atoms with Crippen LogP contribution in [-0.4, -0.2) is 50.7 Å². The maximum absolute atomic E-state index is 14.7. The number of rotatable bonds is 7. The molecule has 10 heteroatoms. The summed E-state index contributed by atoms with van der Waals surface area (Å²) in [5.41, 5.74) is 0.735. The summed E-state index contributed by atoms with van der Waals surface area (Å²) in [6.07, 6.45) is 3.69. The summed E-state index contributed by atoms with van der Waals surface area (Å²) in [6, 6.07) is 9.05. The predicted octanol–water partition coefficient (Wildman–Crippen LogP) is 4.26. The lowest BCUT2D eigenvalue weighted by Crippen LogP contribution is -2.32. The molecule has 0 bridgehead atoms. The number of benzene rings is 2. The van der Waals surface area contributed by atoms with E-state index in [1.165, 1.54) is 19.2 Å². The number of halogens is 1. The van der Waals surface area contributed by atoms with Gasteiger partial charge in [0, 0.05) is 36.5 Å². The Labute approximate surface area is 215 Å². The van der Waals surface area contributed by atoms with Gasteiger partial charge in [-0.3, -0.25) is 14.6 Å². The minimum Gasteiger partial charge on any atom is -0.493 e. The Hall–Kier alpha value is -3.92. The van der Waals surface area contributed by atoms with Crippen LogP contribution >= 0.6 is 0 Å². The molecule has 0 aliphatic carbocycles. The molecule has 0 radical (unpaired) electrons. The van der Waals surface area contributed by atoms with E-state index < -0.39 is 17.6 Å². The molecule has 2 aromatic carbocycles. The third-order valence-electron chi connectivity index (χ3n) is 5.76. The molecule has 0 spiro atoms. The molecule has 4 rings (SSSR count). The number of piperidine rings is 1. The van der Waals surface area contributed by atoms with Gasteiger partial charge >= 0.3 is 11.8 Å². The normalized spacial score (nSPS) is 13.2. The molecule has 1 aromatic heterocycles. The third kappa shape index (κ3) is 7.07. The molecule has 1 saturated heterocycles. The summed E-state index contributed by atoms with van der Waals surface area (Å²) in [5.74, 6) is -0.527. The van der Waals surface area contributed by atoms with Gasteiger partial charge in [-0.05, 0) is 56.1 Å². The quantitative estimate of drug-likeness (QED) is 0.406. The number of anilines is 1. The van der Waals surface area contributed by atoms with Crippen LogP contribution in [0.2, 0.25) is 0 Å². The van der Waals surface area contributed by atoms with E-state index in [0.29, 0.717) is 40.7 Å². The highest BCUT2D eigenvalue weighted by atomic mass is 19.1. The SMILES string of the molecule is CC.CNC(=O)C(=O)Nc1ccc(Oc2ccnc3cc(OCC4CCNCC4)c(OC)cc23)c(F)c1. The molecule has 3 N–H and O–H groups in total. The Bertz CT molecular complexity index is 1230. The minimum absolute atomic E-state index is 0.0550. The van der Waals surface area contributed by atoms with Crippen molar-refractivity contribution in [2.45, 2.75) is 26.7 Å². The van der Waals surface area contributed by atoms with Crippen molar-refractivity contribution in [3.63, 3.8) is 0 Å². The lowest BCUT2D eigenvalue weighted by molar-refractivity contribution is -0.135. The second-order valence-electron chi connectivity index (χ2n) is 8.11. The first-order valence-electron chi connectivity index (χ1n) is 12.3. The van der Waals surface area contributed by atoms with Gasteiger partial charge in [0.05, 0.1) is 19.2 Å². The van der Waals surface area contributed by atoms with Crippen LogP contribution in [0.3, 0.4) is 0 Å². The van der Waals surface area contributed by atoms with Crippen LogP contribution in [0.25, 0.3) is 10.9 Å². The number of aromatic nitrogens is 1. The molecule has 198 valence electrons. The summed E-state index contributed by atoms with van der Waals surface area (Å²) < 4.78 is 32.2. The standard InChI is InChI=1S/C25H27FN4O5.C2H6/c1-27-24(31)25(32)30-16-3-4-21(18(26)11-16)35-20-7-10-29-19-13-23(22(33-2)12-17(19)20)34-14-15-5-8-28-9-6-15;1-2/h3-4,7,10-13,15,28H,5-6,8-9,14H2,1-2H3,(H,27,31)(H,30,32);1-2H3. The van der Waals surface area contributed by atoms with Crippen LogP contribution in [0.15, 0.2) is 42.6 Å². The number of methoxy groups -OCH3 is 1. The third-order valence-corrected chi connectivity index (χ3v) is 5.76. The van der Waals surface area contributed by atoms with E-state index in [1.54, 1.807) is 31.5 Å². The van der Waals surface area contributed by atoms with Crippen molar-refractivity contribution < 1.29 is 28.2 Å². The summed E-state index contributed by atoms with van der Waals surface area (Å²) >= 11 is 0. The molecule has 9 nitrogen and oxygen atoms in total. The number of hydrogen-bond donors (Lipinski definition) is 3. The van der Waals surface area contributed by atoms with Gasteiger partial charge in [-0.1, -0.05) is 13.8 Å². The molecular formula is C27H33FN4O5. The van der Waals surface area contributed by atoms with Gasteiger partial charge in [-0.25, -0.2) is 4.39 Å². The molecule has 2 amide bonds. The summed E-state index contributed by atoms with van der Waals surface area (Å²) in [6.45, 7) is 6.57. The van der Waals surface area contributed by atoms with Gasteiger partial charge in [0.25, 0.3) is 0 Å². The average Bonchev–Trinajstić information content (AvgIpc) is 2.94. The zero-order chi connectivity index (χ0) is 26.8. The van der Waals surface area contributed by atoms with Crippen molar-refractivity contribution in [1.82, 2.24) is 15.6 Å². The molecule has 3 aromatic rings. The average molecular weight is 513 g/mol. The topological polar surface area (TPSA) is 111 Å². The zero-order valence-corrected chi connectivity index (χ0v) is 21.5. The maximum atomic E-state index is 14.7. The largest absolute Gasteiger partial charge is 0.493 e. The van der Waals surface area contributed by atoms with E-state index >= 15 is 0 Å². The van der Waals surface area contributed by atoms with Crippen molar-refractivity contribution >= 4 is 28.4 Å². The number of nitrogens with one attached hydrogen (secondary N) is 3. The first-order valence-corrected chi connectivity index (χ1v) is 12.3. The first-order chi connectivity index (χ1) is 18.0. The second kappa shape index (κ2) is 13.4. The smallest absolute Gasteiger partial charge is 0.313 e. The second-order valence-corrected chi connectivity index (χ2v) is 8.11. The highest BCUT2D eigenvalue weighted by Crippen LogP contribution is 2.38. The number of carbonyl (C=O) groups is 2. The molecule has 0 saturated carbocycles. The Morgan fingerprint density at radius 2 is 1.78 bits per heavy atom. The number of ether oxygens (including phenoxy) is 3. The van der Waals surface area contributed by atoms with Crippen LogP contribution in [0.5, 0.6) is 23.0 Å². The minimum atomic E-state index is -0.897. The van der Waals surface area contributed by atoms with E-state index in [2.05, 4.69) is 20.9 Å².